The fourth-order valence-electron chi connectivity index (χ4n) is 4.90. The highest BCUT2D eigenvalue weighted by Crippen LogP contribution is 2.43. The van der Waals surface area contributed by atoms with Gasteiger partial charge in [-0.15, -0.1) is 11.3 Å². The minimum Gasteiger partial charge on any atom is -0.508 e. The molecule has 1 aromatic heterocycles. The monoisotopic (exact) mass is 440 g/mol. The number of nitrogens with two attached hydrogens (primary N) is 1. The van der Waals surface area contributed by atoms with Crippen LogP contribution in [0.3, 0.4) is 0 Å². The van der Waals surface area contributed by atoms with Gasteiger partial charge >= 0.3 is 0 Å². The number of hydrogen-bond donors (Lipinski definition) is 2. The minimum atomic E-state index is -0.0708. The number of piperazine rings is 1. The molecule has 0 saturated carbocycles. The molecule has 3 aliphatic heterocycles. The molecule has 1 aromatic carbocycles. The zero-order chi connectivity index (χ0) is 21.4. The summed E-state index contributed by atoms with van der Waals surface area (Å²) in [4.78, 5) is 15.7. The quantitative estimate of drug-likeness (QED) is 0.745. The van der Waals surface area contributed by atoms with Crippen molar-refractivity contribution in [3.63, 3.8) is 0 Å². The summed E-state index contributed by atoms with van der Waals surface area (Å²) in [5, 5.41) is 10.8. The molecular weight excluding hydrogens is 408 g/mol. The Morgan fingerprint density at radius 1 is 1.16 bits per heavy atom. The van der Waals surface area contributed by atoms with Crippen LogP contribution in [-0.4, -0.2) is 79.0 Å². The van der Waals surface area contributed by atoms with Gasteiger partial charge < -0.3 is 25.5 Å². The molecule has 7 nitrogen and oxygen atoms in total. The van der Waals surface area contributed by atoms with E-state index in [1.807, 2.05) is 29.8 Å². The maximum Gasteiger partial charge on any atom is 0.124 e. The molecule has 0 amide bonds. The molecule has 1 unspecified atom stereocenters. The number of thiophene rings is 1. The van der Waals surface area contributed by atoms with Gasteiger partial charge in [-0.05, 0) is 44.1 Å². The van der Waals surface area contributed by atoms with Crippen LogP contribution in [-0.2, 0) is 13.0 Å². The van der Waals surface area contributed by atoms with Crippen molar-refractivity contribution in [3.05, 3.63) is 40.3 Å². The lowest BCUT2D eigenvalue weighted by atomic mass is 10.00. The van der Waals surface area contributed by atoms with E-state index in [0.29, 0.717) is 5.75 Å². The van der Waals surface area contributed by atoms with Crippen LogP contribution in [0.1, 0.15) is 28.6 Å². The van der Waals surface area contributed by atoms with Crippen molar-refractivity contribution >= 4 is 28.4 Å². The van der Waals surface area contributed by atoms with E-state index < -0.39 is 0 Å². The van der Waals surface area contributed by atoms with Crippen LogP contribution in [0, 0.1) is 0 Å². The van der Waals surface area contributed by atoms with Gasteiger partial charge in [-0.2, -0.15) is 0 Å². The molecule has 2 aromatic rings. The number of fused-ring (bicyclic) bond motifs is 3. The largest absolute Gasteiger partial charge is 0.508 e. The van der Waals surface area contributed by atoms with E-state index in [1.165, 1.54) is 16.0 Å². The number of hydrogen-bond acceptors (Lipinski definition) is 8. The Kier molecular flexibility index (Phi) is 5.88. The molecule has 3 N–H and O–H groups in total. The van der Waals surface area contributed by atoms with E-state index in [9.17, 15) is 5.11 Å². The van der Waals surface area contributed by atoms with E-state index >= 15 is 0 Å². The first-order chi connectivity index (χ1) is 15.1. The van der Waals surface area contributed by atoms with Gasteiger partial charge in [0.2, 0.25) is 0 Å². The number of aliphatic imine (C=N–C) groups is 1. The average Bonchev–Trinajstić information content (AvgIpc) is 3.14. The van der Waals surface area contributed by atoms with Gasteiger partial charge in [0.25, 0.3) is 0 Å². The number of likely N-dealkylation sites (N-methyl/N-ethyl adjacent to an activating group) is 1. The third kappa shape index (κ3) is 4.30. The molecule has 4 heterocycles. The highest BCUT2D eigenvalue weighted by atomic mass is 32.1. The summed E-state index contributed by atoms with van der Waals surface area (Å²) in [5.41, 5.74) is 10.5. The van der Waals surface area contributed by atoms with Crippen molar-refractivity contribution in [2.24, 2.45) is 10.7 Å². The van der Waals surface area contributed by atoms with Crippen LogP contribution >= 0.6 is 11.3 Å². The number of benzene rings is 1. The fourth-order valence-corrected chi connectivity index (χ4v) is 6.21. The van der Waals surface area contributed by atoms with E-state index in [4.69, 9.17) is 10.7 Å². The molecule has 166 valence electrons. The van der Waals surface area contributed by atoms with Crippen molar-refractivity contribution < 1.29 is 5.11 Å². The van der Waals surface area contributed by atoms with E-state index in [-0.39, 0.29) is 6.17 Å². The lowest BCUT2D eigenvalue weighted by Gasteiger charge is -2.37. The average molecular weight is 441 g/mol. The highest BCUT2D eigenvalue weighted by molar-refractivity contribution is 7.16. The molecule has 1 saturated heterocycles. The van der Waals surface area contributed by atoms with Gasteiger partial charge in [0.05, 0.1) is 6.34 Å². The van der Waals surface area contributed by atoms with Crippen molar-refractivity contribution in [2.45, 2.75) is 25.6 Å². The third-order valence-corrected chi connectivity index (χ3v) is 7.84. The maximum absolute atomic E-state index is 9.72. The molecule has 5 rings (SSSR count). The second-order valence-corrected chi connectivity index (χ2v) is 9.92. The third-order valence-electron chi connectivity index (χ3n) is 6.70. The Morgan fingerprint density at radius 2 is 2.00 bits per heavy atom. The molecule has 0 bridgehead atoms. The molecule has 8 heteroatoms. The summed E-state index contributed by atoms with van der Waals surface area (Å²) in [6.07, 6.45) is 4.05. The number of aromatic hydroxyl groups is 1. The standard InChI is InChI=1S/C23H32N6OS/c1-26-9-6-19-20(15-26)31-23-21(19)22(24)29(16-25-23)8-3-7-27-10-12-28(13-11-27)17-4-2-5-18(30)14-17/h2,4-5,14,16,22,30H,3,6-13,15,24H2,1H3. The summed E-state index contributed by atoms with van der Waals surface area (Å²) < 4.78 is 0. The molecular formula is C23H32N6OS. The SMILES string of the molecule is CN1CCc2c(sc3c2C(N)N(CCCN2CCN(c4cccc(O)c4)CC2)C=N3)C1. The van der Waals surface area contributed by atoms with Gasteiger partial charge in [0.1, 0.15) is 16.9 Å². The summed E-state index contributed by atoms with van der Waals surface area (Å²) in [6.45, 7) is 8.20. The topological polar surface area (TPSA) is 71.6 Å². The summed E-state index contributed by atoms with van der Waals surface area (Å²) in [5.74, 6) is 0.335. The lowest BCUT2D eigenvalue weighted by molar-refractivity contribution is 0.234. The van der Waals surface area contributed by atoms with Gasteiger partial charge in [0.15, 0.2) is 0 Å². The Morgan fingerprint density at radius 3 is 2.81 bits per heavy atom. The van der Waals surface area contributed by atoms with Crippen LogP contribution < -0.4 is 10.6 Å². The second kappa shape index (κ2) is 8.78. The second-order valence-electron chi connectivity index (χ2n) is 8.84. The number of phenolic OH excluding ortho intramolecular Hbond substituents is 1. The van der Waals surface area contributed by atoms with Crippen molar-refractivity contribution in [3.8, 4) is 5.75 Å². The van der Waals surface area contributed by atoms with E-state index in [2.05, 4.69) is 32.7 Å². The number of nitrogens with zero attached hydrogens (tertiary/aromatic N) is 5. The fraction of sp³-hybridized carbons (Fsp3) is 0.522. The van der Waals surface area contributed by atoms with Crippen LogP contribution in [0.15, 0.2) is 29.3 Å². The molecule has 1 atom stereocenters. The minimum absolute atomic E-state index is 0.0708. The first-order valence-electron chi connectivity index (χ1n) is 11.2. The molecule has 0 spiro atoms. The summed E-state index contributed by atoms with van der Waals surface area (Å²) in [6, 6.07) is 7.56. The molecule has 1 fully saturated rings. The van der Waals surface area contributed by atoms with Gasteiger partial charge in [-0.1, -0.05) is 6.07 Å². The van der Waals surface area contributed by atoms with Crippen LogP contribution in [0.4, 0.5) is 10.7 Å². The van der Waals surface area contributed by atoms with E-state index in [0.717, 1.165) is 75.9 Å². The zero-order valence-corrected chi connectivity index (χ0v) is 19.0. The molecule has 31 heavy (non-hydrogen) atoms. The van der Waals surface area contributed by atoms with Gasteiger partial charge in [-0.3, -0.25) is 4.90 Å². The van der Waals surface area contributed by atoms with Crippen molar-refractivity contribution in [1.82, 2.24) is 14.7 Å². The Bertz CT molecular complexity index is 952. The predicted octanol–water partition coefficient (Wildman–Crippen LogP) is 2.59. The Hall–Kier alpha value is -2.13. The van der Waals surface area contributed by atoms with E-state index in [1.54, 1.807) is 6.07 Å². The van der Waals surface area contributed by atoms with Crippen LogP contribution in [0.2, 0.25) is 0 Å². The van der Waals surface area contributed by atoms with Crippen LogP contribution in [0.5, 0.6) is 5.75 Å². The normalized spacial score (nSPS) is 21.9. The lowest BCUT2D eigenvalue weighted by Crippen LogP contribution is -2.47. The number of anilines is 1. The summed E-state index contributed by atoms with van der Waals surface area (Å²) >= 11 is 1.82. The number of rotatable bonds is 5. The molecule has 0 radical (unpaired) electrons. The molecule has 0 aliphatic carbocycles. The zero-order valence-electron chi connectivity index (χ0n) is 18.2. The van der Waals surface area contributed by atoms with Gasteiger partial charge in [-0.25, -0.2) is 4.99 Å². The first-order valence-corrected chi connectivity index (χ1v) is 12.0. The van der Waals surface area contributed by atoms with Gasteiger partial charge in [0, 0.05) is 68.0 Å². The highest BCUT2D eigenvalue weighted by Gasteiger charge is 2.30. The van der Waals surface area contributed by atoms with Crippen LogP contribution in [0.25, 0.3) is 0 Å². The summed E-state index contributed by atoms with van der Waals surface area (Å²) in [7, 11) is 2.18. The number of phenols is 1. The first kappa shape index (κ1) is 20.8. The molecule has 3 aliphatic rings. The van der Waals surface area contributed by atoms with Crippen molar-refractivity contribution in [1.29, 1.82) is 0 Å². The predicted molar refractivity (Wildman–Crippen MR) is 128 cm³/mol. The smallest absolute Gasteiger partial charge is 0.124 e. The van der Waals surface area contributed by atoms with Crippen molar-refractivity contribution in [2.75, 3.05) is 57.8 Å². The Labute approximate surface area is 188 Å². The Balaban J connectivity index is 1.12. The maximum atomic E-state index is 9.72.